The maximum atomic E-state index is 12.1. The number of fused-ring (bicyclic) bond motifs is 1. The third-order valence-corrected chi connectivity index (χ3v) is 3.02. The monoisotopic (exact) mass is 240 g/mol. The maximum Gasteiger partial charge on any atom is 0.233 e. The van der Waals surface area contributed by atoms with Gasteiger partial charge in [-0.1, -0.05) is 6.07 Å². The minimum Gasteiger partial charge on any atom is -0.384 e. The summed E-state index contributed by atoms with van der Waals surface area (Å²) in [6, 6.07) is 7.38. The number of nitrogen functional groups attached to an aromatic ring is 1. The van der Waals surface area contributed by atoms with E-state index in [1.165, 1.54) is 0 Å². The largest absolute Gasteiger partial charge is 0.384 e. The molecule has 1 aliphatic heterocycles. The second-order valence-corrected chi connectivity index (χ2v) is 4.21. The van der Waals surface area contributed by atoms with E-state index in [1.807, 2.05) is 18.2 Å². The van der Waals surface area contributed by atoms with Crippen molar-refractivity contribution in [1.29, 1.82) is 0 Å². The lowest BCUT2D eigenvalue weighted by Crippen LogP contribution is -2.36. The standard InChI is InChI=1S/C13H12N4O/c14-12-4-3-10(7-16-12)17-8-9-2-1-5-15-11(9)6-13(17)18/h1-5,7H,6,8H2,(H2,14,16). The average Bonchev–Trinajstić information content (AvgIpc) is 2.39. The van der Waals surface area contributed by atoms with Crippen molar-refractivity contribution in [1.82, 2.24) is 9.97 Å². The van der Waals surface area contributed by atoms with Crippen LogP contribution in [0.25, 0.3) is 0 Å². The molecule has 3 heterocycles. The minimum absolute atomic E-state index is 0.0350. The SMILES string of the molecule is Nc1ccc(N2Cc3cccnc3CC2=O)cn1. The number of nitrogens with two attached hydrogens (primary N) is 1. The van der Waals surface area contributed by atoms with Gasteiger partial charge >= 0.3 is 0 Å². The first-order chi connectivity index (χ1) is 8.74. The summed E-state index contributed by atoms with van der Waals surface area (Å²) >= 11 is 0. The number of carbonyl (C=O) groups excluding carboxylic acids is 1. The van der Waals surface area contributed by atoms with Crippen LogP contribution in [-0.2, 0) is 17.8 Å². The molecule has 1 amide bonds. The van der Waals surface area contributed by atoms with Crippen molar-refractivity contribution in [3.63, 3.8) is 0 Å². The van der Waals surface area contributed by atoms with E-state index >= 15 is 0 Å². The average molecular weight is 240 g/mol. The molecule has 1 aliphatic rings. The fourth-order valence-corrected chi connectivity index (χ4v) is 2.06. The van der Waals surface area contributed by atoms with Crippen molar-refractivity contribution in [2.75, 3.05) is 10.6 Å². The second-order valence-electron chi connectivity index (χ2n) is 4.21. The predicted octanol–water partition coefficient (Wildman–Crippen LogP) is 1.15. The van der Waals surface area contributed by atoms with Crippen LogP contribution in [0.15, 0.2) is 36.7 Å². The number of carbonyl (C=O) groups is 1. The molecule has 0 atom stereocenters. The Kier molecular flexibility index (Phi) is 2.44. The zero-order valence-corrected chi connectivity index (χ0v) is 9.71. The lowest BCUT2D eigenvalue weighted by Gasteiger charge is -2.27. The zero-order valence-electron chi connectivity index (χ0n) is 9.71. The van der Waals surface area contributed by atoms with Gasteiger partial charge in [-0.05, 0) is 23.8 Å². The Morgan fingerprint density at radius 1 is 1.22 bits per heavy atom. The maximum absolute atomic E-state index is 12.1. The first kappa shape index (κ1) is 10.7. The number of aromatic nitrogens is 2. The number of pyridine rings is 2. The van der Waals surface area contributed by atoms with E-state index < -0.39 is 0 Å². The quantitative estimate of drug-likeness (QED) is 0.811. The van der Waals surface area contributed by atoms with Crippen molar-refractivity contribution >= 4 is 17.4 Å². The van der Waals surface area contributed by atoms with Gasteiger partial charge in [0.25, 0.3) is 0 Å². The van der Waals surface area contributed by atoms with Gasteiger partial charge < -0.3 is 10.6 Å². The Morgan fingerprint density at radius 2 is 2.11 bits per heavy atom. The van der Waals surface area contributed by atoms with Crippen molar-refractivity contribution in [3.8, 4) is 0 Å². The third kappa shape index (κ3) is 1.79. The van der Waals surface area contributed by atoms with Crippen LogP contribution in [0.3, 0.4) is 0 Å². The molecule has 2 N–H and O–H groups in total. The first-order valence-electron chi connectivity index (χ1n) is 5.69. The van der Waals surface area contributed by atoms with Gasteiger partial charge in [0.15, 0.2) is 0 Å². The molecule has 0 aliphatic carbocycles. The molecular weight excluding hydrogens is 228 g/mol. The van der Waals surface area contributed by atoms with E-state index in [1.54, 1.807) is 23.4 Å². The highest BCUT2D eigenvalue weighted by atomic mass is 16.2. The Morgan fingerprint density at radius 3 is 2.89 bits per heavy atom. The van der Waals surface area contributed by atoms with Crippen LogP contribution < -0.4 is 10.6 Å². The molecule has 0 aromatic carbocycles. The molecule has 0 fully saturated rings. The van der Waals surface area contributed by atoms with Crippen LogP contribution in [0.2, 0.25) is 0 Å². The lowest BCUT2D eigenvalue weighted by atomic mass is 10.0. The Labute approximate surface area is 104 Å². The van der Waals surface area contributed by atoms with E-state index in [2.05, 4.69) is 9.97 Å². The van der Waals surface area contributed by atoms with Gasteiger partial charge in [-0.2, -0.15) is 0 Å². The summed E-state index contributed by atoms with van der Waals surface area (Å²) in [7, 11) is 0. The van der Waals surface area contributed by atoms with Crippen molar-refractivity contribution < 1.29 is 4.79 Å². The van der Waals surface area contributed by atoms with Crippen LogP contribution in [-0.4, -0.2) is 15.9 Å². The second kappa shape index (κ2) is 4.10. The smallest absolute Gasteiger partial charge is 0.233 e. The Balaban J connectivity index is 1.95. The normalized spacial score (nSPS) is 14.4. The van der Waals surface area contributed by atoms with Gasteiger partial charge in [-0.3, -0.25) is 9.78 Å². The Hall–Kier alpha value is -2.43. The summed E-state index contributed by atoms with van der Waals surface area (Å²) in [4.78, 5) is 22.0. The highest BCUT2D eigenvalue weighted by Crippen LogP contribution is 2.23. The molecular formula is C13H12N4O. The minimum atomic E-state index is 0.0350. The van der Waals surface area contributed by atoms with Crippen molar-refractivity contribution in [2.45, 2.75) is 13.0 Å². The number of amides is 1. The molecule has 2 aromatic heterocycles. The predicted molar refractivity (Wildman–Crippen MR) is 67.8 cm³/mol. The van der Waals surface area contributed by atoms with Crippen molar-refractivity contribution in [2.24, 2.45) is 0 Å². The number of hydrogen-bond donors (Lipinski definition) is 1. The van der Waals surface area contributed by atoms with Crippen LogP contribution in [0, 0.1) is 0 Å². The lowest BCUT2D eigenvalue weighted by molar-refractivity contribution is -0.118. The summed E-state index contributed by atoms with van der Waals surface area (Å²) in [5, 5.41) is 0. The zero-order chi connectivity index (χ0) is 12.5. The van der Waals surface area contributed by atoms with Crippen LogP contribution in [0.5, 0.6) is 0 Å². The molecule has 0 spiro atoms. The summed E-state index contributed by atoms with van der Waals surface area (Å²) in [6.45, 7) is 0.535. The molecule has 0 radical (unpaired) electrons. The van der Waals surface area contributed by atoms with E-state index in [0.717, 1.165) is 16.9 Å². The molecule has 5 heteroatoms. The summed E-state index contributed by atoms with van der Waals surface area (Å²) in [5.41, 5.74) is 8.25. The summed E-state index contributed by atoms with van der Waals surface area (Å²) < 4.78 is 0. The first-order valence-corrected chi connectivity index (χ1v) is 5.69. The molecule has 3 rings (SSSR count). The van der Waals surface area contributed by atoms with Crippen molar-refractivity contribution in [3.05, 3.63) is 47.9 Å². The summed E-state index contributed by atoms with van der Waals surface area (Å²) in [6.07, 6.45) is 3.67. The van der Waals surface area contributed by atoms with Gasteiger partial charge in [-0.25, -0.2) is 4.98 Å². The number of anilines is 2. The molecule has 5 nitrogen and oxygen atoms in total. The van der Waals surface area contributed by atoms with E-state index in [0.29, 0.717) is 18.8 Å². The van der Waals surface area contributed by atoms with Gasteiger partial charge in [0.05, 0.1) is 30.5 Å². The molecule has 90 valence electrons. The van der Waals surface area contributed by atoms with Gasteiger partial charge in [-0.15, -0.1) is 0 Å². The fraction of sp³-hybridized carbons (Fsp3) is 0.154. The molecule has 0 saturated carbocycles. The molecule has 2 aromatic rings. The van der Waals surface area contributed by atoms with Crippen LogP contribution >= 0.6 is 0 Å². The third-order valence-electron chi connectivity index (χ3n) is 3.02. The summed E-state index contributed by atoms with van der Waals surface area (Å²) in [5.74, 6) is 0.484. The van der Waals surface area contributed by atoms with Gasteiger partial charge in [0.2, 0.25) is 5.91 Å². The van der Waals surface area contributed by atoms with Gasteiger partial charge in [0, 0.05) is 6.20 Å². The van der Waals surface area contributed by atoms with E-state index in [4.69, 9.17) is 5.73 Å². The number of nitrogens with zero attached hydrogens (tertiary/aromatic N) is 3. The molecule has 18 heavy (non-hydrogen) atoms. The van der Waals surface area contributed by atoms with Gasteiger partial charge in [0.1, 0.15) is 5.82 Å². The number of rotatable bonds is 1. The highest BCUT2D eigenvalue weighted by molar-refractivity contribution is 5.95. The molecule has 0 saturated heterocycles. The number of hydrogen-bond acceptors (Lipinski definition) is 4. The fourth-order valence-electron chi connectivity index (χ4n) is 2.06. The van der Waals surface area contributed by atoms with Crippen LogP contribution in [0.1, 0.15) is 11.3 Å². The Bertz CT molecular complexity index is 594. The van der Waals surface area contributed by atoms with E-state index in [9.17, 15) is 4.79 Å². The topological polar surface area (TPSA) is 72.1 Å². The molecule has 0 unspecified atom stereocenters. The molecule has 0 bridgehead atoms. The highest BCUT2D eigenvalue weighted by Gasteiger charge is 2.24. The van der Waals surface area contributed by atoms with E-state index in [-0.39, 0.29) is 5.91 Å². The van der Waals surface area contributed by atoms with Crippen LogP contribution in [0.4, 0.5) is 11.5 Å².